The van der Waals surface area contributed by atoms with E-state index in [0.29, 0.717) is 24.3 Å². The van der Waals surface area contributed by atoms with Crippen molar-refractivity contribution >= 4 is 38.7 Å². The van der Waals surface area contributed by atoms with Gasteiger partial charge in [-0.1, -0.05) is 6.07 Å². The van der Waals surface area contributed by atoms with Gasteiger partial charge in [-0.15, -0.1) is 22.7 Å². The molecule has 7 nitrogen and oxygen atoms in total. The molecular weight excluding hydrogens is 454 g/mol. The molecule has 4 aromatic rings. The molecule has 0 atom stereocenters. The Morgan fingerprint density at radius 3 is 2.58 bits per heavy atom. The first-order valence-corrected chi connectivity index (χ1v) is 12.8. The molecule has 9 heteroatoms. The molecule has 0 radical (unpaired) electrons. The summed E-state index contributed by atoms with van der Waals surface area (Å²) in [4.78, 5) is 39.8. The zero-order chi connectivity index (χ0) is 23.1. The highest BCUT2D eigenvalue weighted by Gasteiger charge is 2.22. The molecule has 0 aromatic carbocycles. The molecular formula is C24H27N5O2S2. The second-order valence-electron chi connectivity index (χ2n) is 8.64. The maximum absolute atomic E-state index is 12.8. The number of thiophene rings is 2. The Hall–Kier alpha value is -2.59. The third-order valence-corrected chi connectivity index (χ3v) is 8.34. The number of nitrogens with one attached hydrogen (secondary N) is 1. The van der Waals surface area contributed by atoms with Crippen LogP contribution in [-0.4, -0.2) is 62.8 Å². The molecule has 33 heavy (non-hydrogen) atoms. The number of rotatable bonds is 6. The minimum absolute atomic E-state index is 0.0718. The number of piperazine rings is 1. The number of carbonyl (C=O) groups is 1. The zero-order valence-corrected chi connectivity index (χ0v) is 20.7. The molecule has 0 bridgehead atoms. The van der Waals surface area contributed by atoms with Gasteiger partial charge in [-0.3, -0.25) is 19.4 Å². The summed E-state index contributed by atoms with van der Waals surface area (Å²) in [6.45, 7) is 8.40. The molecule has 5 heterocycles. The van der Waals surface area contributed by atoms with Crippen LogP contribution in [0.15, 0.2) is 33.8 Å². The first-order valence-electron chi connectivity index (χ1n) is 11.1. The first kappa shape index (κ1) is 22.2. The van der Waals surface area contributed by atoms with Crippen LogP contribution < -0.4 is 5.56 Å². The van der Waals surface area contributed by atoms with E-state index in [9.17, 15) is 9.59 Å². The molecule has 172 valence electrons. The van der Waals surface area contributed by atoms with E-state index in [4.69, 9.17) is 4.98 Å². The van der Waals surface area contributed by atoms with Gasteiger partial charge in [0.2, 0.25) is 0 Å². The topological polar surface area (TPSA) is 74.2 Å². The third-order valence-electron chi connectivity index (χ3n) is 6.56. The van der Waals surface area contributed by atoms with Crippen molar-refractivity contribution in [1.29, 1.82) is 0 Å². The molecule has 1 N–H and O–H groups in total. The predicted molar refractivity (Wildman–Crippen MR) is 134 cm³/mol. The van der Waals surface area contributed by atoms with Gasteiger partial charge in [-0.2, -0.15) is 0 Å². The second kappa shape index (κ2) is 8.98. The Morgan fingerprint density at radius 1 is 1.15 bits per heavy atom. The van der Waals surface area contributed by atoms with Gasteiger partial charge >= 0.3 is 0 Å². The third kappa shape index (κ3) is 4.33. The van der Waals surface area contributed by atoms with Gasteiger partial charge in [-0.25, -0.2) is 4.98 Å². The standard InChI is InChI=1S/C24H27N5O2S2/c1-15-11-17(16(2)27(15)3)19(30)12-28-6-8-29(9-7-28)13-21-25-23(31)22-18(14-33-24(22)26-21)20-5-4-10-32-20/h4-5,10-11,14H,6-9,12-13H2,1-3H3,(H,25,26,31). The van der Waals surface area contributed by atoms with Crippen molar-refractivity contribution in [2.24, 2.45) is 7.05 Å². The SMILES string of the molecule is Cc1cc(C(=O)CN2CCN(Cc3nc4scc(-c5cccs5)c4c(=O)[nH]3)CC2)c(C)n1C. The van der Waals surface area contributed by atoms with Crippen LogP contribution in [0.3, 0.4) is 0 Å². The van der Waals surface area contributed by atoms with Gasteiger partial charge in [0.15, 0.2) is 5.78 Å². The fourth-order valence-electron chi connectivity index (χ4n) is 4.42. The number of hydrogen-bond acceptors (Lipinski definition) is 7. The van der Waals surface area contributed by atoms with E-state index >= 15 is 0 Å². The van der Waals surface area contributed by atoms with E-state index in [1.165, 1.54) is 11.3 Å². The molecule has 0 saturated carbocycles. The zero-order valence-electron chi connectivity index (χ0n) is 19.1. The van der Waals surface area contributed by atoms with Gasteiger partial charge < -0.3 is 9.55 Å². The van der Waals surface area contributed by atoms with Gasteiger partial charge in [0.05, 0.1) is 18.5 Å². The van der Waals surface area contributed by atoms with Crippen LogP contribution in [0.2, 0.25) is 0 Å². The minimum Gasteiger partial charge on any atom is -0.351 e. The summed E-state index contributed by atoms with van der Waals surface area (Å²) in [6.07, 6.45) is 0. The number of aryl methyl sites for hydroxylation is 1. The molecule has 1 aliphatic heterocycles. The number of H-pyrrole nitrogens is 1. The lowest BCUT2D eigenvalue weighted by atomic mass is 10.1. The largest absolute Gasteiger partial charge is 0.351 e. The van der Waals surface area contributed by atoms with Crippen LogP contribution in [0, 0.1) is 13.8 Å². The maximum atomic E-state index is 12.8. The fourth-order valence-corrected chi connectivity index (χ4v) is 6.21. The van der Waals surface area contributed by atoms with Crippen LogP contribution in [0.5, 0.6) is 0 Å². The quantitative estimate of drug-likeness (QED) is 0.426. The van der Waals surface area contributed by atoms with Crippen molar-refractivity contribution < 1.29 is 4.79 Å². The average molecular weight is 482 g/mol. The Balaban J connectivity index is 1.22. The van der Waals surface area contributed by atoms with E-state index in [-0.39, 0.29) is 11.3 Å². The van der Waals surface area contributed by atoms with Crippen molar-refractivity contribution in [2.45, 2.75) is 20.4 Å². The van der Waals surface area contributed by atoms with Crippen molar-refractivity contribution in [3.8, 4) is 10.4 Å². The lowest BCUT2D eigenvalue weighted by molar-refractivity contribution is 0.0839. The minimum atomic E-state index is -0.0718. The van der Waals surface area contributed by atoms with E-state index in [0.717, 1.165) is 58.4 Å². The van der Waals surface area contributed by atoms with Crippen LogP contribution in [0.25, 0.3) is 20.7 Å². The van der Waals surface area contributed by atoms with Crippen LogP contribution >= 0.6 is 22.7 Å². The Labute approximate surface area is 200 Å². The number of hydrogen-bond donors (Lipinski definition) is 1. The number of ketones is 1. The van der Waals surface area contributed by atoms with Crippen molar-refractivity contribution in [2.75, 3.05) is 32.7 Å². The molecule has 0 unspecified atom stereocenters. The number of carbonyl (C=O) groups excluding carboxylic acids is 1. The first-order chi connectivity index (χ1) is 15.9. The molecule has 1 fully saturated rings. The Kier molecular flexibility index (Phi) is 6.05. The number of fused-ring (bicyclic) bond motifs is 1. The second-order valence-corrected chi connectivity index (χ2v) is 10.4. The highest BCUT2D eigenvalue weighted by molar-refractivity contribution is 7.18. The summed E-state index contributed by atoms with van der Waals surface area (Å²) in [6, 6.07) is 6.01. The Morgan fingerprint density at radius 2 is 1.91 bits per heavy atom. The summed E-state index contributed by atoms with van der Waals surface area (Å²) in [5.74, 6) is 0.882. The van der Waals surface area contributed by atoms with Gasteiger partial charge in [0, 0.05) is 66.0 Å². The summed E-state index contributed by atoms with van der Waals surface area (Å²) < 4.78 is 2.06. The monoisotopic (exact) mass is 481 g/mol. The summed E-state index contributed by atoms with van der Waals surface area (Å²) in [7, 11) is 2.00. The molecule has 0 aliphatic carbocycles. The van der Waals surface area contributed by atoms with Gasteiger partial charge in [-0.05, 0) is 31.4 Å². The van der Waals surface area contributed by atoms with E-state index in [1.54, 1.807) is 11.3 Å². The smallest absolute Gasteiger partial charge is 0.260 e. The van der Waals surface area contributed by atoms with Crippen LogP contribution in [0.1, 0.15) is 27.6 Å². The lowest BCUT2D eigenvalue weighted by Crippen LogP contribution is -2.47. The van der Waals surface area contributed by atoms with Crippen molar-refractivity contribution in [3.63, 3.8) is 0 Å². The van der Waals surface area contributed by atoms with Crippen molar-refractivity contribution in [1.82, 2.24) is 24.3 Å². The summed E-state index contributed by atoms with van der Waals surface area (Å²) >= 11 is 3.15. The number of Topliss-reactive ketones (excluding diaryl/α,β-unsaturated/α-hetero) is 1. The van der Waals surface area contributed by atoms with E-state index in [2.05, 4.69) is 19.4 Å². The van der Waals surface area contributed by atoms with E-state index < -0.39 is 0 Å². The normalized spacial score (nSPS) is 15.5. The highest BCUT2D eigenvalue weighted by Crippen LogP contribution is 2.33. The average Bonchev–Trinajstić information content (AvgIpc) is 3.52. The molecule has 1 saturated heterocycles. The Bertz CT molecular complexity index is 1360. The number of nitrogens with zero attached hydrogens (tertiary/aromatic N) is 4. The lowest BCUT2D eigenvalue weighted by Gasteiger charge is -2.33. The molecule has 4 aromatic heterocycles. The van der Waals surface area contributed by atoms with Crippen molar-refractivity contribution in [3.05, 3.63) is 62.1 Å². The van der Waals surface area contributed by atoms with E-state index in [1.807, 2.05) is 49.9 Å². The molecule has 5 rings (SSSR count). The van der Waals surface area contributed by atoms with Gasteiger partial charge in [0.1, 0.15) is 10.7 Å². The number of aromatic nitrogens is 3. The molecule has 1 aliphatic rings. The summed E-state index contributed by atoms with van der Waals surface area (Å²) in [5.41, 5.74) is 3.85. The molecule has 0 spiro atoms. The fraction of sp³-hybridized carbons (Fsp3) is 0.375. The number of aromatic amines is 1. The van der Waals surface area contributed by atoms with Gasteiger partial charge in [0.25, 0.3) is 5.56 Å². The molecule has 0 amide bonds. The van der Waals surface area contributed by atoms with Crippen LogP contribution in [0.4, 0.5) is 0 Å². The maximum Gasteiger partial charge on any atom is 0.260 e. The summed E-state index contributed by atoms with van der Waals surface area (Å²) in [5, 5.41) is 4.72. The predicted octanol–water partition coefficient (Wildman–Crippen LogP) is 3.67. The van der Waals surface area contributed by atoms with Crippen LogP contribution in [-0.2, 0) is 13.6 Å². The highest BCUT2D eigenvalue weighted by atomic mass is 32.1.